The number of hydrogen-bond donors (Lipinski definition) is 1. The molecule has 0 aliphatic carbocycles. The second-order valence-corrected chi connectivity index (χ2v) is 9.13. The minimum absolute atomic E-state index is 0.184. The second-order valence-electron chi connectivity index (χ2n) is 8.70. The van der Waals surface area contributed by atoms with E-state index in [1.54, 1.807) is 6.07 Å². The molecule has 1 N–H and O–H groups in total. The Morgan fingerprint density at radius 2 is 1.46 bits per heavy atom. The van der Waals surface area contributed by atoms with Gasteiger partial charge in [-0.3, -0.25) is 4.79 Å². The topological polar surface area (TPSA) is 45.8 Å². The van der Waals surface area contributed by atoms with Crippen LogP contribution in [0.5, 0.6) is 0 Å². The highest BCUT2D eigenvalue weighted by molar-refractivity contribution is 6.31. The Bertz CT molecular complexity index is 1770. The molecule has 0 amide bonds. The number of nitrogens with one attached hydrogen (secondary N) is 1. The highest BCUT2D eigenvalue weighted by atomic mass is 35.5. The SMILES string of the molecule is Cc1ccc(-c2cc(-c3c(-c4ccccc4)c4cc(Cl)ccc4[nH]c3=O)nc3ccccc23)cc1. The molecule has 4 aromatic carbocycles. The average Bonchev–Trinajstić information content (AvgIpc) is 2.88. The number of halogens is 1. The van der Waals surface area contributed by atoms with E-state index in [1.807, 2.05) is 66.7 Å². The number of nitrogens with zero attached hydrogens (tertiary/aromatic N) is 1. The number of aromatic nitrogens is 2. The van der Waals surface area contributed by atoms with Crippen molar-refractivity contribution in [3.8, 4) is 33.5 Å². The zero-order valence-corrected chi connectivity index (χ0v) is 19.8. The Balaban J connectivity index is 1.74. The standard InChI is InChI=1S/C31H21ClN2O/c1-19-11-13-20(14-12-19)24-18-28(33-26-10-6-5-9-23(24)26)30-29(21-7-3-2-4-8-21)25-17-22(32)15-16-27(25)34-31(30)35/h2-18H,1H3,(H,34,35). The van der Waals surface area contributed by atoms with Crippen LogP contribution in [0, 0.1) is 6.92 Å². The van der Waals surface area contributed by atoms with E-state index in [0.717, 1.165) is 44.1 Å². The molecule has 6 aromatic rings. The van der Waals surface area contributed by atoms with Crippen molar-refractivity contribution >= 4 is 33.4 Å². The zero-order valence-electron chi connectivity index (χ0n) is 19.0. The number of para-hydroxylation sites is 1. The third-order valence-electron chi connectivity index (χ3n) is 6.37. The van der Waals surface area contributed by atoms with Crippen LogP contribution in [0.4, 0.5) is 0 Å². The molecule has 6 rings (SSSR count). The van der Waals surface area contributed by atoms with Crippen LogP contribution in [0.1, 0.15) is 5.56 Å². The number of aryl methyl sites for hydroxylation is 1. The molecule has 4 heteroatoms. The van der Waals surface area contributed by atoms with Gasteiger partial charge in [0.05, 0.1) is 16.8 Å². The molecule has 168 valence electrons. The van der Waals surface area contributed by atoms with Crippen LogP contribution in [0.15, 0.2) is 108 Å². The van der Waals surface area contributed by atoms with Crippen LogP contribution in [0.2, 0.25) is 5.02 Å². The molecule has 0 spiro atoms. The summed E-state index contributed by atoms with van der Waals surface area (Å²) in [4.78, 5) is 21.6. The molecule has 0 saturated carbocycles. The van der Waals surface area contributed by atoms with E-state index >= 15 is 0 Å². The van der Waals surface area contributed by atoms with E-state index in [-0.39, 0.29) is 5.56 Å². The number of rotatable bonds is 3. The molecular weight excluding hydrogens is 452 g/mol. The van der Waals surface area contributed by atoms with Crippen molar-refractivity contribution < 1.29 is 0 Å². The molecule has 0 bridgehead atoms. The number of H-pyrrole nitrogens is 1. The molecule has 0 aliphatic rings. The monoisotopic (exact) mass is 472 g/mol. The first kappa shape index (κ1) is 21.3. The summed E-state index contributed by atoms with van der Waals surface area (Å²) in [6.07, 6.45) is 0. The Hall–Kier alpha value is -4.21. The minimum Gasteiger partial charge on any atom is -0.321 e. The van der Waals surface area contributed by atoms with E-state index in [2.05, 4.69) is 42.2 Å². The molecule has 0 atom stereocenters. The quantitative estimate of drug-likeness (QED) is 0.283. The van der Waals surface area contributed by atoms with Gasteiger partial charge in [-0.2, -0.15) is 0 Å². The summed E-state index contributed by atoms with van der Waals surface area (Å²) >= 11 is 6.40. The van der Waals surface area contributed by atoms with Gasteiger partial charge in [0.25, 0.3) is 5.56 Å². The van der Waals surface area contributed by atoms with Crippen LogP contribution >= 0.6 is 11.6 Å². The Kier molecular flexibility index (Phi) is 5.20. The first-order chi connectivity index (χ1) is 17.1. The van der Waals surface area contributed by atoms with Gasteiger partial charge in [0.1, 0.15) is 0 Å². The third kappa shape index (κ3) is 3.80. The van der Waals surface area contributed by atoms with Crippen molar-refractivity contribution in [1.82, 2.24) is 9.97 Å². The van der Waals surface area contributed by atoms with E-state index in [1.165, 1.54) is 5.56 Å². The fourth-order valence-electron chi connectivity index (χ4n) is 4.69. The fourth-order valence-corrected chi connectivity index (χ4v) is 4.86. The molecule has 0 saturated heterocycles. The number of benzene rings is 4. The van der Waals surface area contributed by atoms with Crippen molar-refractivity contribution in [2.75, 3.05) is 0 Å². The number of hydrogen-bond acceptors (Lipinski definition) is 2. The Morgan fingerprint density at radius 1 is 0.714 bits per heavy atom. The summed E-state index contributed by atoms with van der Waals surface area (Å²) < 4.78 is 0. The summed E-state index contributed by atoms with van der Waals surface area (Å²) in [7, 11) is 0. The van der Waals surface area contributed by atoms with Crippen LogP contribution in [-0.2, 0) is 0 Å². The van der Waals surface area contributed by atoms with Crippen molar-refractivity contribution in [1.29, 1.82) is 0 Å². The zero-order chi connectivity index (χ0) is 23.9. The lowest BCUT2D eigenvalue weighted by molar-refractivity contribution is 1.28. The second kappa shape index (κ2) is 8.53. The smallest absolute Gasteiger partial charge is 0.258 e. The van der Waals surface area contributed by atoms with Gasteiger partial charge in [-0.1, -0.05) is 90.0 Å². The predicted molar refractivity (Wildman–Crippen MR) is 146 cm³/mol. The van der Waals surface area contributed by atoms with Crippen LogP contribution in [0.25, 0.3) is 55.3 Å². The van der Waals surface area contributed by atoms with E-state index in [9.17, 15) is 4.79 Å². The highest BCUT2D eigenvalue weighted by Gasteiger charge is 2.19. The van der Waals surface area contributed by atoms with Gasteiger partial charge in [0, 0.05) is 26.9 Å². The maximum atomic E-state index is 13.6. The van der Waals surface area contributed by atoms with Gasteiger partial charge in [-0.25, -0.2) is 4.98 Å². The highest BCUT2D eigenvalue weighted by Crippen LogP contribution is 2.38. The molecule has 3 nitrogen and oxygen atoms in total. The summed E-state index contributed by atoms with van der Waals surface area (Å²) in [5, 5.41) is 2.53. The van der Waals surface area contributed by atoms with Gasteiger partial charge in [0.2, 0.25) is 0 Å². The first-order valence-corrected chi connectivity index (χ1v) is 11.8. The Labute approximate surface area is 207 Å². The molecule has 0 radical (unpaired) electrons. The summed E-state index contributed by atoms with van der Waals surface area (Å²) in [5.74, 6) is 0. The molecule has 0 unspecified atom stereocenters. The summed E-state index contributed by atoms with van der Waals surface area (Å²) in [5.41, 5.74) is 7.63. The minimum atomic E-state index is -0.184. The molecule has 0 fully saturated rings. The number of fused-ring (bicyclic) bond motifs is 2. The molecule has 0 aliphatic heterocycles. The van der Waals surface area contributed by atoms with Crippen molar-refractivity contribution in [2.24, 2.45) is 0 Å². The molecular formula is C31H21ClN2O. The normalized spacial score (nSPS) is 11.3. The lowest BCUT2D eigenvalue weighted by Crippen LogP contribution is -2.12. The number of pyridine rings is 2. The Morgan fingerprint density at radius 3 is 2.26 bits per heavy atom. The van der Waals surface area contributed by atoms with Gasteiger partial charge in [-0.15, -0.1) is 0 Å². The molecule has 2 aromatic heterocycles. The van der Waals surface area contributed by atoms with Crippen molar-refractivity contribution in [3.05, 3.63) is 124 Å². The van der Waals surface area contributed by atoms with Crippen LogP contribution in [0.3, 0.4) is 0 Å². The predicted octanol–water partition coefficient (Wildman–Crippen LogP) is 8.04. The lowest BCUT2D eigenvalue weighted by Gasteiger charge is -2.15. The van der Waals surface area contributed by atoms with Crippen molar-refractivity contribution in [2.45, 2.75) is 6.92 Å². The molecule has 35 heavy (non-hydrogen) atoms. The van der Waals surface area contributed by atoms with E-state index in [4.69, 9.17) is 16.6 Å². The van der Waals surface area contributed by atoms with Gasteiger partial charge >= 0.3 is 0 Å². The summed E-state index contributed by atoms with van der Waals surface area (Å²) in [6.45, 7) is 2.08. The number of aromatic amines is 1. The largest absolute Gasteiger partial charge is 0.321 e. The fraction of sp³-hybridized carbons (Fsp3) is 0.0323. The van der Waals surface area contributed by atoms with Crippen LogP contribution in [-0.4, -0.2) is 9.97 Å². The first-order valence-electron chi connectivity index (χ1n) is 11.5. The maximum absolute atomic E-state index is 13.6. The molecule has 2 heterocycles. The van der Waals surface area contributed by atoms with Gasteiger partial charge in [0.15, 0.2) is 0 Å². The van der Waals surface area contributed by atoms with Crippen LogP contribution < -0.4 is 5.56 Å². The van der Waals surface area contributed by atoms with Crippen molar-refractivity contribution in [3.63, 3.8) is 0 Å². The van der Waals surface area contributed by atoms with Gasteiger partial charge < -0.3 is 4.98 Å². The maximum Gasteiger partial charge on any atom is 0.258 e. The lowest BCUT2D eigenvalue weighted by atomic mass is 9.92. The average molecular weight is 473 g/mol. The summed E-state index contributed by atoms with van der Waals surface area (Å²) in [6, 6.07) is 34.0. The van der Waals surface area contributed by atoms with E-state index < -0.39 is 0 Å². The van der Waals surface area contributed by atoms with Gasteiger partial charge in [-0.05, 0) is 53.9 Å². The third-order valence-corrected chi connectivity index (χ3v) is 6.61. The van der Waals surface area contributed by atoms with E-state index in [0.29, 0.717) is 16.3 Å².